The summed E-state index contributed by atoms with van der Waals surface area (Å²) >= 11 is 0. The van der Waals surface area contributed by atoms with Crippen LogP contribution in [0.1, 0.15) is 26.3 Å². The number of aliphatic hydroxyl groups excluding tert-OH is 1. The molecule has 0 aromatic heterocycles. The van der Waals surface area contributed by atoms with Crippen LogP contribution in [0.4, 0.5) is 0 Å². The Kier molecular flexibility index (Phi) is 4.97. The first-order valence-corrected chi connectivity index (χ1v) is 6.06. The Balaban J connectivity index is 2.45. The lowest BCUT2D eigenvalue weighted by Gasteiger charge is -2.30. The fraction of sp³-hybridized carbons (Fsp3) is 0.571. The van der Waals surface area contributed by atoms with Gasteiger partial charge in [-0.3, -0.25) is 0 Å². The zero-order chi connectivity index (χ0) is 12.9. The van der Waals surface area contributed by atoms with E-state index in [9.17, 15) is 10.2 Å². The van der Waals surface area contributed by atoms with E-state index in [1.54, 1.807) is 6.07 Å². The van der Waals surface area contributed by atoms with Crippen LogP contribution >= 0.6 is 0 Å². The van der Waals surface area contributed by atoms with Gasteiger partial charge in [0.2, 0.25) is 0 Å². The molecule has 1 aromatic carbocycles. The van der Waals surface area contributed by atoms with Gasteiger partial charge >= 0.3 is 0 Å². The number of para-hydroxylation sites is 1. The second-order valence-corrected chi connectivity index (χ2v) is 5.43. The molecular formula is C14H23NO2. The number of hydrogen-bond acceptors (Lipinski definition) is 3. The highest BCUT2D eigenvalue weighted by Gasteiger charge is 2.22. The number of aliphatic hydroxyl groups is 1. The standard InChI is InChI=1S/C14H23NO2/c1-14(2,3)13(10-16)15-9-8-11-6-4-5-7-12(11)17/h4-7,13,15-17H,8-10H2,1-3H3. The summed E-state index contributed by atoms with van der Waals surface area (Å²) in [7, 11) is 0. The first kappa shape index (κ1) is 14.0. The Morgan fingerprint density at radius 1 is 1.24 bits per heavy atom. The van der Waals surface area contributed by atoms with Crippen LogP contribution in [0.25, 0.3) is 0 Å². The normalized spacial score (nSPS) is 13.6. The number of nitrogens with one attached hydrogen (secondary N) is 1. The van der Waals surface area contributed by atoms with Gasteiger partial charge in [-0.1, -0.05) is 39.0 Å². The summed E-state index contributed by atoms with van der Waals surface area (Å²) in [5, 5.41) is 22.2. The van der Waals surface area contributed by atoms with E-state index in [-0.39, 0.29) is 18.1 Å². The van der Waals surface area contributed by atoms with Crippen molar-refractivity contribution in [1.29, 1.82) is 0 Å². The van der Waals surface area contributed by atoms with Gasteiger partial charge in [-0.2, -0.15) is 0 Å². The van der Waals surface area contributed by atoms with Crippen molar-refractivity contribution in [3.8, 4) is 5.75 Å². The molecule has 0 aliphatic heterocycles. The minimum atomic E-state index is 0.0352. The van der Waals surface area contributed by atoms with E-state index in [0.717, 1.165) is 18.5 Å². The van der Waals surface area contributed by atoms with Crippen molar-refractivity contribution in [1.82, 2.24) is 5.32 Å². The molecule has 0 heterocycles. The highest BCUT2D eigenvalue weighted by atomic mass is 16.3. The van der Waals surface area contributed by atoms with Crippen LogP contribution in [0.15, 0.2) is 24.3 Å². The number of aromatic hydroxyl groups is 1. The Morgan fingerprint density at radius 3 is 2.41 bits per heavy atom. The van der Waals surface area contributed by atoms with Crippen molar-refractivity contribution in [2.45, 2.75) is 33.2 Å². The van der Waals surface area contributed by atoms with Gasteiger partial charge in [0.1, 0.15) is 5.75 Å². The molecule has 1 aromatic rings. The van der Waals surface area contributed by atoms with Gasteiger partial charge in [-0.05, 0) is 30.0 Å². The summed E-state index contributed by atoms with van der Waals surface area (Å²) < 4.78 is 0. The van der Waals surface area contributed by atoms with Crippen LogP contribution < -0.4 is 5.32 Å². The topological polar surface area (TPSA) is 52.5 Å². The molecule has 3 N–H and O–H groups in total. The second-order valence-electron chi connectivity index (χ2n) is 5.43. The molecule has 17 heavy (non-hydrogen) atoms. The lowest BCUT2D eigenvalue weighted by atomic mass is 9.87. The first-order valence-electron chi connectivity index (χ1n) is 6.06. The maximum absolute atomic E-state index is 9.62. The molecule has 0 spiro atoms. The molecule has 0 aliphatic rings. The highest BCUT2D eigenvalue weighted by Crippen LogP contribution is 2.19. The van der Waals surface area contributed by atoms with Gasteiger partial charge in [0, 0.05) is 6.04 Å². The summed E-state index contributed by atoms with van der Waals surface area (Å²) in [6.07, 6.45) is 0.763. The van der Waals surface area contributed by atoms with E-state index in [1.165, 1.54) is 0 Å². The third-order valence-electron chi connectivity index (χ3n) is 3.00. The van der Waals surface area contributed by atoms with Crippen molar-refractivity contribution in [2.24, 2.45) is 5.41 Å². The van der Waals surface area contributed by atoms with E-state index in [1.807, 2.05) is 18.2 Å². The van der Waals surface area contributed by atoms with Crippen molar-refractivity contribution in [2.75, 3.05) is 13.2 Å². The molecule has 3 heteroatoms. The van der Waals surface area contributed by atoms with E-state index >= 15 is 0 Å². The molecule has 96 valence electrons. The van der Waals surface area contributed by atoms with Crippen LogP contribution in [0, 0.1) is 5.41 Å². The van der Waals surface area contributed by atoms with Crippen LogP contribution in [0.5, 0.6) is 5.75 Å². The number of phenols is 1. The summed E-state index contributed by atoms with van der Waals surface area (Å²) in [4.78, 5) is 0. The first-order chi connectivity index (χ1) is 7.95. The molecule has 0 saturated carbocycles. The average Bonchev–Trinajstić information content (AvgIpc) is 2.25. The Bertz CT molecular complexity index is 344. The number of hydrogen-bond donors (Lipinski definition) is 3. The molecule has 0 radical (unpaired) electrons. The molecule has 0 saturated heterocycles. The summed E-state index contributed by atoms with van der Waals surface area (Å²) in [6.45, 7) is 7.17. The molecule has 0 amide bonds. The summed E-state index contributed by atoms with van der Waals surface area (Å²) in [5.41, 5.74) is 0.971. The Hall–Kier alpha value is -1.06. The lowest BCUT2D eigenvalue weighted by molar-refractivity contribution is 0.160. The summed E-state index contributed by atoms with van der Waals surface area (Å²) in [6, 6.07) is 7.43. The Labute approximate surface area is 103 Å². The number of phenolic OH excluding ortho intramolecular Hbond substituents is 1. The maximum atomic E-state index is 9.62. The minimum Gasteiger partial charge on any atom is -0.508 e. The highest BCUT2D eigenvalue weighted by molar-refractivity contribution is 5.31. The Morgan fingerprint density at radius 2 is 1.88 bits per heavy atom. The predicted molar refractivity (Wildman–Crippen MR) is 70.1 cm³/mol. The molecule has 0 bridgehead atoms. The zero-order valence-corrected chi connectivity index (χ0v) is 10.9. The zero-order valence-electron chi connectivity index (χ0n) is 10.9. The third kappa shape index (κ3) is 4.36. The van der Waals surface area contributed by atoms with Crippen LogP contribution in [-0.2, 0) is 6.42 Å². The fourth-order valence-corrected chi connectivity index (χ4v) is 1.75. The number of benzene rings is 1. The SMILES string of the molecule is CC(C)(C)C(CO)NCCc1ccccc1O. The van der Waals surface area contributed by atoms with Gasteiger partial charge in [0.05, 0.1) is 6.61 Å². The third-order valence-corrected chi connectivity index (χ3v) is 3.00. The molecule has 0 aliphatic carbocycles. The number of rotatable bonds is 5. The van der Waals surface area contributed by atoms with Gasteiger partial charge in [0.25, 0.3) is 0 Å². The van der Waals surface area contributed by atoms with Crippen LogP contribution in [0.3, 0.4) is 0 Å². The molecule has 3 nitrogen and oxygen atoms in total. The van der Waals surface area contributed by atoms with Crippen LogP contribution in [0.2, 0.25) is 0 Å². The minimum absolute atomic E-state index is 0.0352. The fourth-order valence-electron chi connectivity index (χ4n) is 1.75. The van der Waals surface area contributed by atoms with Crippen molar-refractivity contribution < 1.29 is 10.2 Å². The van der Waals surface area contributed by atoms with Crippen molar-refractivity contribution in [3.63, 3.8) is 0 Å². The van der Waals surface area contributed by atoms with E-state index in [2.05, 4.69) is 26.1 Å². The van der Waals surface area contributed by atoms with E-state index in [4.69, 9.17) is 0 Å². The van der Waals surface area contributed by atoms with E-state index in [0.29, 0.717) is 5.75 Å². The second kappa shape index (κ2) is 6.03. The van der Waals surface area contributed by atoms with Crippen molar-refractivity contribution >= 4 is 0 Å². The van der Waals surface area contributed by atoms with Gasteiger partial charge in [-0.25, -0.2) is 0 Å². The van der Waals surface area contributed by atoms with Gasteiger partial charge in [0.15, 0.2) is 0 Å². The average molecular weight is 237 g/mol. The molecule has 1 atom stereocenters. The molecular weight excluding hydrogens is 214 g/mol. The molecule has 1 unspecified atom stereocenters. The van der Waals surface area contributed by atoms with Crippen molar-refractivity contribution in [3.05, 3.63) is 29.8 Å². The summed E-state index contributed by atoms with van der Waals surface area (Å²) in [5.74, 6) is 0.339. The van der Waals surface area contributed by atoms with Gasteiger partial charge < -0.3 is 15.5 Å². The smallest absolute Gasteiger partial charge is 0.118 e. The monoisotopic (exact) mass is 237 g/mol. The predicted octanol–water partition coefficient (Wildman–Crippen LogP) is 1.93. The lowest BCUT2D eigenvalue weighted by Crippen LogP contribution is -2.43. The van der Waals surface area contributed by atoms with Crippen LogP contribution in [-0.4, -0.2) is 29.4 Å². The largest absolute Gasteiger partial charge is 0.508 e. The maximum Gasteiger partial charge on any atom is 0.118 e. The molecule has 1 rings (SSSR count). The molecule has 0 fully saturated rings. The van der Waals surface area contributed by atoms with E-state index < -0.39 is 0 Å². The van der Waals surface area contributed by atoms with Gasteiger partial charge in [-0.15, -0.1) is 0 Å². The quantitative estimate of drug-likeness (QED) is 0.733.